The smallest absolute Gasteiger partial charge is 0.117 e. The predicted octanol–water partition coefficient (Wildman–Crippen LogP) is 3.27. The lowest BCUT2D eigenvalue weighted by Crippen LogP contribution is -1.94. The average Bonchev–Trinajstić information content (AvgIpc) is 1.88. The molecular weight excluding hydrogens is 302 g/mol. The van der Waals surface area contributed by atoms with E-state index in [-0.39, 0.29) is 5.38 Å². The van der Waals surface area contributed by atoms with Crippen LogP contribution in [-0.4, -0.2) is 12.9 Å². The summed E-state index contributed by atoms with van der Waals surface area (Å²) < 4.78 is -1.33. The number of alkyl halides is 5. The molecule has 0 amide bonds. The zero-order chi connectivity index (χ0) is 6.58. The monoisotopic (exact) mass is 300 g/mol. The summed E-state index contributed by atoms with van der Waals surface area (Å²) in [4.78, 5) is 0. The Morgan fingerprint density at radius 2 is 1.38 bits per heavy atom. The first kappa shape index (κ1) is 7.93. The molecule has 0 aromatic rings. The Labute approximate surface area is 79.1 Å². The van der Waals surface area contributed by atoms with E-state index in [1.807, 2.05) is 0 Å². The number of hydrogen-bond acceptors (Lipinski definition) is 0. The molecule has 0 saturated heterocycles. The van der Waals surface area contributed by atoms with Gasteiger partial charge in [-0.1, -0.05) is 55.1 Å². The lowest BCUT2D eigenvalue weighted by atomic mass is 10.9. The second-order valence-electron chi connectivity index (χ2n) is 1.61. The van der Waals surface area contributed by atoms with Crippen LogP contribution in [-0.2, 0) is 0 Å². The minimum atomic E-state index is -0.853. The van der Waals surface area contributed by atoms with Crippen molar-refractivity contribution < 1.29 is 0 Å². The molecule has 0 bridgehead atoms. The Kier molecular flexibility index (Phi) is 1.89. The van der Waals surface area contributed by atoms with Crippen LogP contribution in [0.3, 0.4) is 0 Å². The lowest BCUT2D eigenvalue weighted by molar-refractivity contribution is 1.35. The van der Waals surface area contributed by atoms with Gasteiger partial charge in [0.05, 0.1) is 5.38 Å². The minimum Gasteiger partial charge on any atom is -0.117 e. The standard InChI is InChI=1S/C3HBr2Cl3/c4-2(5)1(6)3(2,7)8/h1H. The highest BCUT2D eigenvalue weighted by Crippen LogP contribution is 2.68. The zero-order valence-corrected chi connectivity index (χ0v) is 8.91. The molecule has 1 atom stereocenters. The summed E-state index contributed by atoms with van der Waals surface area (Å²) in [5.41, 5.74) is 0. The molecule has 1 saturated carbocycles. The largest absolute Gasteiger partial charge is 0.163 e. The lowest BCUT2D eigenvalue weighted by Gasteiger charge is -1.93. The van der Waals surface area contributed by atoms with Crippen molar-refractivity contribution in [1.82, 2.24) is 0 Å². The van der Waals surface area contributed by atoms with Crippen molar-refractivity contribution >= 4 is 66.7 Å². The van der Waals surface area contributed by atoms with Gasteiger partial charge >= 0.3 is 0 Å². The van der Waals surface area contributed by atoms with Gasteiger partial charge in [-0.2, -0.15) is 0 Å². The Bertz CT molecular complexity index is 108. The second-order valence-corrected chi connectivity index (χ2v) is 7.00. The molecular formula is C3HBr2Cl3. The van der Waals surface area contributed by atoms with E-state index in [0.29, 0.717) is 0 Å². The van der Waals surface area contributed by atoms with Crippen LogP contribution < -0.4 is 0 Å². The molecule has 0 N–H and O–H groups in total. The second kappa shape index (κ2) is 1.91. The van der Waals surface area contributed by atoms with Crippen molar-refractivity contribution in [3.05, 3.63) is 0 Å². The van der Waals surface area contributed by atoms with Gasteiger partial charge in [0.25, 0.3) is 0 Å². The van der Waals surface area contributed by atoms with E-state index in [4.69, 9.17) is 34.8 Å². The molecule has 1 fully saturated rings. The van der Waals surface area contributed by atoms with Crippen LogP contribution in [0, 0.1) is 0 Å². The van der Waals surface area contributed by atoms with Gasteiger partial charge in [0.15, 0.2) is 4.33 Å². The molecule has 0 aliphatic heterocycles. The third kappa shape index (κ3) is 0.842. The zero-order valence-electron chi connectivity index (χ0n) is 3.47. The molecule has 48 valence electrons. The van der Waals surface area contributed by atoms with Crippen molar-refractivity contribution in [3.63, 3.8) is 0 Å². The molecule has 1 aliphatic rings. The number of halogens is 5. The molecule has 8 heavy (non-hydrogen) atoms. The normalized spacial score (nSPS) is 39.4. The minimum absolute atomic E-state index is 0.252. The van der Waals surface area contributed by atoms with Crippen LogP contribution in [0.2, 0.25) is 0 Å². The first-order valence-electron chi connectivity index (χ1n) is 1.80. The van der Waals surface area contributed by atoms with Gasteiger partial charge in [-0.05, 0) is 0 Å². The number of hydrogen-bond donors (Lipinski definition) is 0. The highest BCUT2D eigenvalue weighted by atomic mass is 79.9. The van der Waals surface area contributed by atoms with E-state index in [1.165, 1.54) is 0 Å². The Balaban J connectivity index is 2.72. The summed E-state index contributed by atoms with van der Waals surface area (Å²) in [6, 6.07) is 0. The molecule has 1 aliphatic carbocycles. The summed E-state index contributed by atoms with van der Waals surface area (Å²) in [5.74, 6) is 0. The molecule has 0 radical (unpaired) electrons. The van der Waals surface area contributed by atoms with Gasteiger partial charge in [0.1, 0.15) is 3.23 Å². The van der Waals surface area contributed by atoms with Crippen molar-refractivity contribution in [2.45, 2.75) is 12.9 Å². The van der Waals surface area contributed by atoms with Crippen LogP contribution in [0.1, 0.15) is 0 Å². The van der Waals surface area contributed by atoms with Gasteiger partial charge in [-0.15, -0.1) is 11.6 Å². The van der Waals surface area contributed by atoms with Gasteiger partial charge in [-0.25, -0.2) is 0 Å². The summed E-state index contributed by atoms with van der Waals surface area (Å²) in [5, 5.41) is -0.252. The SMILES string of the molecule is ClC1C(Cl)(Cl)C1(Br)Br. The molecule has 0 aromatic heterocycles. The Hall–Kier alpha value is 1.83. The maximum Gasteiger partial charge on any atom is 0.163 e. The fraction of sp³-hybridized carbons (Fsp3) is 1.00. The maximum absolute atomic E-state index is 5.62. The first-order valence-corrected chi connectivity index (χ1v) is 4.58. The summed E-state index contributed by atoms with van der Waals surface area (Å²) in [6.07, 6.45) is 0. The fourth-order valence-electron chi connectivity index (χ4n) is 0.306. The van der Waals surface area contributed by atoms with Gasteiger partial charge in [-0.3, -0.25) is 0 Å². The topological polar surface area (TPSA) is 0 Å². The van der Waals surface area contributed by atoms with E-state index in [9.17, 15) is 0 Å². The van der Waals surface area contributed by atoms with Gasteiger partial charge in [0.2, 0.25) is 0 Å². The van der Waals surface area contributed by atoms with Crippen LogP contribution in [0.5, 0.6) is 0 Å². The third-order valence-corrected chi connectivity index (χ3v) is 6.52. The quantitative estimate of drug-likeness (QED) is 0.603. The van der Waals surface area contributed by atoms with Crippen molar-refractivity contribution in [2.75, 3.05) is 0 Å². The fourth-order valence-corrected chi connectivity index (χ4v) is 2.84. The third-order valence-electron chi connectivity index (χ3n) is 0.998. The molecule has 0 heterocycles. The first-order chi connectivity index (χ1) is 3.40. The highest BCUT2D eigenvalue weighted by molar-refractivity contribution is 9.25. The van der Waals surface area contributed by atoms with E-state index in [1.54, 1.807) is 0 Å². The van der Waals surface area contributed by atoms with Crippen LogP contribution in [0.25, 0.3) is 0 Å². The summed E-state index contributed by atoms with van der Waals surface area (Å²) in [7, 11) is 0. The predicted molar refractivity (Wildman–Crippen MR) is 44.7 cm³/mol. The van der Waals surface area contributed by atoms with Crippen LogP contribution in [0.15, 0.2) is 0 Å². The van der Waals surface area contributed by atoms with Crippen molar-refractivity contribution in [1.29, 1.82) is 0 Å². The molecule has 1 rings (SSSR count). The van der Waals surface area contributed by atoms with Gasteiger partial charge in [0, 0.05) is 0 Å². The molecule has 0 nitrogen and oxygen atoms in total. The number of rotatable bonds is 0. The van der Waals surface area contributed by atoms with E-state index >= 15 is 0 Å². The van der Waals surface area contributed by atoms with Crippen LogP contribution >= 0.6 is 66.7 Å². The maximum atomic E-state index is 5.62. The van der Waals surface area contributed by atoms with Crippen LogP contribution in [0.4, 0.5) is 0 Å². The molecule has 1 unspecified atom stereocenters. The van der Waals surface area contributed by atoms with E-state index < -0.39 is 7.57 Å². The molecule has 0 spiro atoms. The highest BCUT2D eigenvalue weighted by Gasteiger charge is 2.74. The summed E-state index contributed by atoms with van der Waals surface area (Å²) in [6.45, 7) is 0. The van der Waals surface area contributed by atoms with Crippen molar-refractivity contribution in [2.24, 2.45) is 0 Å². The summed E-state index contributed by atoms with van der Waals surface area (Å²) >= 11 is 23.2. The molecule has 5 heteroatoms. The van der Waals surface area contributed by atoms with Gasteiger partial charge < -0.3 is 0 Å². The Morgan fingerprint density at radius 3 is 1.38 bits per heavy atom. The Morgan fingerprint density at radius 1 is 1.25 bits per heavy atom. The van der Waals surface area contributed by atoms with Crippen molar-refractivity contribution in [3.8, 4) is 0 Å². The molecule has 0 aromatic carbocycles. The van der Waals surface area contributed by atoms with E-state index in [2.05, 4.69) is 31.9 Å². The average molecular weight is 303 g/mol. The van der Waals surface area contributed by atoms with E-state index in [0.717, 1.165) is 0 Å².